The Morgan fingerprint density at radius 3 is 2.11 bits per heavy atom. The number of hydrogen-bond donors (Lipinski definition) is 4. The third-order valence-corrected chi connectivity index (χ3v) is 0.936. The summed E-state index contributed by atoms with van der Waals surface area (Å²) in [6.45, 7) is 3.63. The molecule has 9 heavy (non-hydrogen) atoms. The third kappa shape index (κ3) is 5.72. The molecule has 4 nitrogen and oxygen atoms in total. The molecule has 0 fully saturated rings. The van der Waals surface area contributed by atoms with Crippen molar-refractivity contribution in [3.05, 3.63) is 0 Å². The molecule has 7 N–H and O–H groups in total. The van der Waals surface area contributed by atoms with Gasteiger partial charge in [-0.3, -0.25) is 5.32 Å². The van der Waals surface area contributed by atoms with E-state index in [1.807, 2.05) is 6.92 Å². The van der Waals surface area contributed by atoms with Crippen LogP contribution in [0, 0.1) is 0 Å². The number of hydrogen-bond acceptors (Lipinski definition) is 4. The van der Waals surface area contributed by atoms with Crippen LogP contribution in [0.3, 0.4) is 0 Å². The first kappa shape index (κ1) is 8.84. The molecule has 0 aromatic heterocycles. The molecule has 0 rings (SSSR count). The summed E-state index contributed by atoms with van der Waals surface area (Å²) in [4.78, 5) is 0. The van der Waals surface area contributed by atoms with Crippen LogP contribution < -0.4 is 22.5 Å². The normalized spacial score (nSPS) is 15.7. The first-order chi connectivity index (χ1) is 3.95. The molecule has 0 bridgehead atoms. The Hall–Kier alpha value is -0.160. The van der Waals surface area contributed by atoms with E-state index in [4.69, 9.17) is 17.2 Å². The SMILES string of the molecule is CCC(N)NC(C)(N)N. The fourth-order valence-electron chi connectivity index (χ4n) is 0.502. The first-order valence-electron chi connectivity index (χ1n) is 3.06. The van der Waals surface area contributed by atoms with Crippen molar-refractivity contribution >= 4 is 0 Å². The summed E-state index contributed by atoms with van der Waals surface area (Å²) < 4.78 is 0. The van der Waals surface area contributed by atoms with Gasteiger partial charge in [-0.15, -0.1) is 0 Å². The monoisotopic (exact) mass is 132 g/mol. The molecule has 1 unspecified atom stereocenters. The lowest BCUT2D eigenvalue weighted by Gasteiger charge is -2.24. The van der Waals surface area contributed by atoms with Crippen molar-refractivity contribution in [2.75, 3.05) is 0 Å². The number of nitrogens with two attached hydrogens (primary N) is 3. The average molecular weight is 132 g/mol. The van der Waals surface area contributed by atoms with Crippen LogP contribution in [0.25, 0.3) is 0 Å². The zero-order valence-corrected chi connectivity index (χ0v) is 6.02. The van der Waals surface area contributed by atoms with Crippen LogP contribution in [0.1, 0.15) is 20.3 Å². The van der Waals surface area contributed by atoms with Crippen LogP contribution in [-0.2, 0) is 0 Å². The average Bonchev–Trinajstić information content (AvgIpc) is 1.62. The zero-order valence-electron chi connectivity index (χ0n) is 6.02. The maximum absolute atomic E-state index is 5.49. The first-order valence-corrected chi connectivity index (χ1v) is 3.06. The van der Waals surface area contributed by atoms with Gasteiger partial charge in [0.2, 0.25) is 0 Å². The standard InChI is InChI=1S/C5H16N4/c1-3-4(6)9-5(2,7)8/h4,9H,3,6-8H2,1-2H3. The summed E-state index contributed by atoms with van der Waals surface area (Å²) in [5.41, 5.74) is 16.3. The second-order valence-corrected chi connectivity index (χ2v) is 2.44. The molecule has 0 saturated heterocycles. The molecule has 1 atom stereocenters. The van der Waals surface area contributed by atoms with E-state index in [1.165, 1.54) is 0 Å². The highest BCUT2D eigenvalue weighted by Crippen LogP contribution is 1.85. The summed E-state index contributed by atoms with van der Waals surface area (Å²) in [5, 5.41) is 2.80. The molecule has 0 aliphatic heterocycles. The van der Waals surface area contributed by atoms with Crippen molar-refractivity contribution in [3.8, 4) is 0 Å². The molecule has 0 spiro atoms. The Labute approximate surface area is 55.8 Å². The van der Waals surface area contributed by atoms with Gasteiger partial charge in [-0.05, 0) is 13.3 Å². The van der Waals surface area contributed by atoms with Crippen molar-refractivity contribution in [2.24, 2.45) is 17.2 Å². The molecule has 0 aliphatic rings. The van der Waals surface area contributed by atoms with Crippen LogP contribution in [-0.4, -0.2) is 12.0 Å². The molecule has 4 heteroatoms. The maximum Gasteiger partial charge on any atom is 0.116 e. The summed E-state index contributed by atoms with van der Waals surface area (Å²) in [6.07, 6.45) is 0.717. The summed E-state index contributed by atoms with van der Waals surface area (Å²) in [5.74, 6) is -0.852. The Bertz CT molecular complexity index is 75.5. The van der Waals surface area contributed by atoms with Gasteiger partial charge in [0.15, 0.2) is 0 Å². The van der Waals surface area contributed by atoms with Crippen LogP contribution in [0.5, 0.6) is 0 Å². The lowest BCUT2D eigenvalue weighted by Crippen LogP contribution is -2.63. The second-order valence-electron chi connectivity index (χ2n) is 2.44. The minimum absolute atomic E-state index is 0.106. The summed E-state index contributed by atoms with van der Waals surface area (Å²) in [7, 11) is 0. The quantitative estimate of drug-likeness (QED) is 0.365. The van der Waals surface area contributed by atoms with Crippen LogP contribution in [0.4, 0.5) is 0 Å². The van der Waals surface area contributed by atoms with Gasteiger partial charge < -0.3 is 17.2 Å². The summed E-state index contributed by atoms with van der Waals surface area (Å²) >= 11 is 0. The molecular weight excluding hydrogens is 116 g/mol. The molecule has 0 radical (unpaired) electrons. The van der Waals surface area contributed by atoms with Crippen LogP contribution in [0.2, 0.25) is 0 Å². The predicted molar refractivity (Wildman–Crippen MR) is 38.2 cm³/mol. The van der Waals surface area contributed by atoms with E-state index in [0.717, 1.165) is 6.42 Å². The molecule has 0 amide bonds. The van der Waals surface area contributed by atoms with Gasteiger partial charge in [-0.2, -0.15) is 0 Å². The van der Waals surface area contributed by atoms with E-state index in [2.05, 4.69) is 5.32 Å². The molecule has 0 aromatic rings. The van der Waals surface area contributed by atoms with Gasteiger partial charge in [-0.25, -0.2) is 0 Å². The highest BCUT2D eigenvalue weighted by atomic mass is 15.3. The van der Waals surface area contributed by atoms with Crippen molar-refractivity contribution < 1.29 is 0 Å². The highest BCUT2D eigenvalue weighted by molar-refractivity contribution is 4.69. The third-order valence-electron chi connectivity index (χ3n) is 0.936. The van der Waals surface area contributed by atoms with E-state index in [-0.39, 0.29) is 6.17 Å². The highest BCUT2D eigenvalue weighted by Gasteiger charge is 2.12. The zero-order chi connectivity index (χ0) is 7.49. The van der Waals surface area contributed by atoms with Gasteiger partial charge in [0.05, 0.1) is 6.17 Å². The van der Waals surface area contributed by atoms with Crippen molar-refractivity contribution in [3.63, 3.8) is 0 Å². The van der Waals surface area contributed by atoms with Gasteiger partial charge in [0.25, 0.3) is 0 Å². The minimum Gasteiger partial charge on any atom is -0.316 e. The molecule has 0 heterocycles. The maximum atomic E-state index is 5.49. The van der Waals surface area contributed by atoms with E-state index < -0.39 is 5.79 Å². The lowest BCUT2D eigenvalue weighted by atomic mass is 10.3. The summed E-state index contributed by atoms with van der Waals surface area (Å²) in [6, 6.07) is 0. The molecule has 0 aliphatic carbocycles. The molecule has 56 valence electrons. The predicted octanol–water partition coefficient (Wildman–Crippen LogP) is -1.14. The van der Waals surface area contributed by atoms with Crippen LogP contribution >= 0.6 is 0 Å². The topological polar surface area (TPSA) is 90.1 Å². The second kappa shape index (κ2) is 3.12. The van der Waals surface area contributed by atoms with Crippen molar-refractivity contribution in [2.45, 2.75) is 32.2 Å². The van der Waals surface area contributed by atoms with E-state index in [1.54, 1.807) is 6.92 Å². The smallest absolute Gasteiger partial charge is 0.116 e. The number of nitrogens with one attached hydrogen (secondary N) is 1. The Balaban J connectivity index is 3.47. The molecule has 0 aromatic carbocycles. The van der Waals surface area contributed by atoms with E-state index >= 15 is 0 Å². The van der Waals surface area contributed by atoms with Gasteiger partial charge >= 0.3 is 0 Å². The van der Waals surface area contributed by atoms with Crippen molar-refractivity contribution in [1.82, 2.24) is 5.32 Å². The Morgan fingerprint density at radius 2 is 2.00 bits per heavy atom. The fourth-order valence-corrected chi connectivity index (χ4v) is 0.502. The lowest BCUT2D eigenvalue weighted by molar-refractivity contribution is 0.324. The van der Waals surface area contributed by atoms with E-state index in [0.29, 0.717) is 0 Å². The van der Waals surface area contributed by atoms with Gasteiger partial charge in [0, 0.05) is 0 Å². The Morgan fingerprint density at radius 1 is 1.56 bits per heavy atom. The van der Waals surface area contributed by atoms with Gasteiger partial charge in [-0.1, -0.05) is 6.92 Å². The number of rotatable bonds is 3. The van der Waals surface area contributed by atoms with E-state index in [9.17, 15) is 0 Å². The van der Waals surface area contributed by atoms with Crippen LogP contribution in [0.15, 0.2) is 0 Å². The fraction of sp³-hybridized carbons (Fsp3) is 1.00. The Kier molecular flexibility index (Phi) is 3.07. The minimum atomic E-state index is -0.852. The molecular formula is C5H16N4. The van der Waals surface area contributed by atoms with Gasteiger partial charge in [0.1, 0.15) is 5.79 Å². The molecule has 0 saturated carbocycles. The van der Waals surface area contributed by atoms with Crippen molar-refractivity contribution in [1.29, 1.82) is 0 Å². The largest absolute Gasteiger partial charge is 0.316 e.